The zero-order valence-corrected chi connectivity index (χ0v) is 14.2. The molecule has 2 rings (SSSR count). The van der Waals surface area contributed by atoms with Crippen LogP contribution in [0.5, 0.6) is 0 Å². The molecule has 0 atom stereocenters. The number of sulfonamides is 1. The zero-order valence-electron chi connectivity index (χ0n) is 11.8. The van der Waals surface area contributed by atoms with Crippen molar-refractivity contribution in [3.63, 3.8) is 0 Å². The number of halogens is 1. The van der Waals surface area contributed by atoms with Crippen LogP contribution in [-0.4, -0.2) is 34.1 Å². The topological polar surface area (TPSA) is 55.2 Å². The average Bonchev–Trinajstić information content (AvgIpc) is 2.97. The lowest BCUT2D eigenvalue weighted by Crippen LogP contribution is -2.32. The Morgan fingerprint density at radius 3 is 2.57 bits per heavy atom. The van der Waals surface area contributed by atoms with E-state index in [1.54, 1.807) is 17.1 Å². The van der Waals surface area contributed by atoms with Crippen LogP contribution in [0.3, 0.4) is 0 Å². The first-order valence-electron chi connectivity index (χ1n) is 6.69. The lowest BCUT2D eigenvalue weighted by atomic mass is 10.2. The minimum atomic E-state index is -3.58. The van der Waals surface area contributed by atoms with Crippen LogP contribution in [0.1, 0.15) is 12.5 Å². The maximum atomic E-state index is 12.7. The van der Waals surface area contributed by atoms with Gasteiger partial charge in [0.25, 0.3) is 10.0 Å². The van der Waals surface area contributed by atoms with Crippen molar-refractivity contribution in [2.24, 2.45) is 0 Å². The molecule has 0 amide bonds. The molecule has 0 saturated heterocycles. The fraction of sp³-hybridized carbons (Fsp3) is 0.357. The van der Waals surface area contributed by atoms with E-state index >= 15 is 0 Å². The molecule has 0 aliphatic heterocycles. The molecule has 1 aromatic carbocycles. The standard InChI is InChI=1S/C14H18BrN3O2S/c1-2-17-11-14(16-12-17)21(19,20)18(9-8-15)10-13-6-4-3-5-7-13/h3-7,11-12H,2,8-10H2,1H3. The highest BCUT2D eigenvalue weighted by atomic mass is 79.9. The van der Waals surface area contributed by atoms with E-state index in [4.69, 9.17) is 0 Å². The molecule has 0 spiro atoms. The molecule has 2 aromatic rings. The highest BCUT2D eigenvalue weighted by Crippen LogP contribution is 2.17. The van der Waals surface area contributed by atoms with Gasteiger partial charge in [-0.1, -0.05) is 46.3 Å². The number of alkyl halides is 1. The van der Waals surface area contributed by atoms with E-state index in [-0.39, 0.29) is 5.03 Å². The summed E-state index contributed by atoms with van der Waals surface area (Å²) in [6.07, 6.45) is 3.11. The predicted octanol–water partition coefficient (Wildman–Crippen LogP) is 2.49. The maximum Gasteiger partial charge on any atom is 0.262 e. The van der Waals surface area contributed by atoms with Gasteiger partial charge in [0.2, 0.25) is 0 Å². The summed E-state index contributed by atoms with van der Waals surface area (Å²) in [5, 5.41) is 0.675. The van der Waals surface area contributed by atoms with Crippen LogP contribution in [0.25, 0.3) is 0 Å². The van der Waals surface area contributed by atoms with Crippen molar-refractivity contribution in [1.29, 1.82) is 0 Å². The Morgan fingerprint density at radius 1 is 1.29 bits per heavy atom. The Hall–Kier alpha value is -1.18. The molecule has 0 bridgehead atoms. The molecule has 0 aliphatic carbocycles. The smallest absolute Gasteiger partial charge is 0.262 e. The third-order valence-corrected chi connectivity index (χ3v) is 5.20. The third kappa shape index (κ3) is 3.93. The number of aromatic nitrogens is 2. The Balaban J connectivity index is 2.27. The van der Waals surface area contributed by atoms with Gasteiger partial charge >= 0.3 is 0 Å². The number of benzene rings is 1. The van der Waals surface area contributed by atoms with Gasteiger partial charge in [-0.3, -0.25) is 0 Å². The highest BCUT2D eigenvalue weighted by molar-refractivity contribution is 9.09. The van der Waals surface area contributed by atoms with E-state index in [1.807, 2.05) is 37.3 Å². The molecule has 0 aliphatic rings. The summed E-state index contributed by atoms with van der Waals surface area (Å²) in [7, 11) is -3.58. The van der Waals surface area contributed by atoms with Crippen molar-refractivity contribution in [2.45, 2.75) is 25.0 Å². The Kier molecular flexibility index (Phi) is 5.55. The minimum Gasteiger partial charge on any atom is -0.336 e. The average molecular weight is 372 g/mol. The van der Waals surface area contributed by atoms with E-state index in [0.29, 0.717) is 25.0 Å². The van der Waals surface area contributed by atoms with E-state index in [0.717, 1.165) is 5.56 Å². The van der Waals surface area contributed by atoms with Crippen molar-refractivity contribution < 1.29 is 8.42 Å². The molecule has 21 heavy (non-hydrogen) atoms. The fourth-order valence-corrected chi connectivity index (χ4v) is 3.97. The van der Waals surface area contributed by atoms with Crippen LogP contribution in [0.2, 0.25) is 0 Å². The first-order valence-corrected chi connectivity index (χ1v) is 9.26. The van der Waals surface area contributed by atoms with Gasteiger partial charge in [-0.2, -0.15) is 4.31 Å². The normalized spacial score (nSPS) is 12.0. The number of hydrogen-bond donors (Lipinski definition) is 0. The van der Waals surface area contributed by atoms with Gasteiger partial charge in [-0.25, -0.2) is 13.4 Å². The lowest BCUT2D eigenvalue weighted by molar-refractivity contribution is 0.424. The third-order valence-electron chi connectivity index (χ3n) is 3.11. The van der Waals surface area contributed by atoms with Gasteiger partial charge in [-0.05, 0) is 12.5 Å². The fourth-order valence-electron chi connectivity index (χ4n) is 1.94. The summed E-state index contributed by atoms with van der Waals surface area (Å²) in [5.74, 6) is 0. The summed E-state index contributed by atoms with van der Waals surface area (Å²) in [5.41, 5.74) is 0.956. The number of imidazole rings is 1. The van der Waals surface area contributed by atoms with Crippen molar-refractivity contribution >= 4 is 26.0 Å². The van der Waals surface area contributed by atoms with Crippen LogP contribution in [0.15, 0.2) is 47.9 Å². The van der Waals surface area contributed by atoms with E-state index in [9.17, 15) is 8.42 Å². The molecule has 0 N–H and O–H groups in total. The van der Waals surface area contributed by atoms with E-state index in [1.165, 1.54) is 4.31 Å². The molecule has 7 heteroatoms. The van der Waals surface area contributed by atoms with Gasteiger partial charge in [0.05, 0.1) is 6.33 Å². The quantitative estimate of drug-likeness (QED) is 0.702. The molecule has 114 valence electrons. The van der Waals surface area contributed by atoms with Gasteiger partial charge in [0.15, 0.2) is 5.03 Å². The maximum absolute atomic E-state index is 12.7. The summed E-state index contributed by atoms with van der Waals surface area (Å²) in [6.45, 7) is 3.38. The second kappa shape index (κ2) is 7.20. The zero-order chi connectivity index (χ0) is 15.3. The Labute approximate surface area is 133 Å². The lowest BCUT2D eigenvalue weighted by Gasteiger charge is -2.20. The van der Waals surface area contributed by atoms with Crippen LogP contribution in [0.4, 0.5) is 0 Å². The van der Waals surface area contributed by atoms with E-state index in [2.05, 4.69) is 20.9 Å². The largest absolute Gasteiger partial charge is 0.336 e. The van der Waals surface area contributed by atoms with Crippen LogP contribution >= 0.6 is 15.9 Å². The second-order valence-corrected chi connectivity index (χ2v) is 7.23. The van der Waals surface area contributed by atoms with Crippen LogP contribution < -0.4 is 0 Å². The van der Waals surface area contributed by atoms with Crippen LogP contribution in [0, 0.1) is 0 Å². The molecule has 0 fully saturated rings. The van der Waals surface area contributed by atoms with Crippen molar-refractivity contribution in [1.82, 2.24) is 13.9 Å². The first-order chi connectivity index (χ1) is 10.1. The summed E-state index contributed by atoms with van der Waals surface area (Å²) in [4.78, 5) is 4.02. The molecule has 5 nitrogen and oxygen atoms in total. The molecule has 0 unspecified atom stereocenters. The molecule has 1 heterocycles. The monoisotopic (exact) mass is 371 g/mol. The summed E-state index contributed by atoms with van der Waals surface area (Å²) < 4.78 is 28.6. The van der Waals surface area contributed by atoms with Gasteiger partial charge in [-0.15, -0.1) is 0 Å². The summed E-state index contributed by atoms with van der Waals surface area (Å²) >= 11 is 3.32. The molecule has 0 radical (unpaired) electrons. The SMILES string of the molecule is CCn1cnc(S(=O)(=O)N(CCBr)Cc2ccccc2)c1. The molecule has 0 saturated carbocycles. The number of nitrogens with zero attached hydrogens (tertiary/aromatic N) is 3. The van der Waals surface area contributed by atoms with Gasteiger partial charge in [0.1, 0.15) is 0 Å². The minimum absolute atomic E-state index is 0.0984. The van der Waals surface area contributed by atoms with E-state index < -0.39 is 10.0 Å². The predicted molar refractivity (Wildman–Crippen MR) is 85.7 cm³/mol. The van der Waals surface area contributed by atoms with Crippen LogP contribution in [-0.2, 0) is 23.1 Å². The molecular formula is C14H18BrN3O2S. The molecule has 1 aromatic heterocycles. The van der Waals surface area contributed by atoms with Gasteiger partial charge < -0.3 is 4.57 Å². The highest BCUT2D eigenvalue weighted by Gasteiger charge is 2.26. The van der Waals surface area contributed by atoms with Gasteiger partial charge in [0, 0.05) is 31.2 Å². The molecular weight excluding hydrogens is 354 g/mol. The summed E-state index contributed by atoms with van der Waals surface area (Å²) in [6, 6.07) is 9.55. The van der Waals surface area contributed by atoms with Crippen molar-refractivity contribution in [3.05, 3.63) is 48.4 Å². The number of rotatable bonds is 7. The number of hydrogen-bond acceptors (Lipinski definition) is 3. The van der Waals surface area contributed by atoms with Crippen molar-refractivity contribution in [2.75, 3.05) is 11.9 Å². The second-order valence-electron chi connectivity index (χ2n) is 4.56. The first kappa shape index (κ1) is 16.2. The Bertz CT molecular complexity index is 671. The number of aryl methyl sites for hydroxylation is 1. The van der Waals surface area contributed by atoms with Crippen molar-refractivity contribution in [3.8, 4) is 0 Å². The Morgan fingerprint density at radius 2 is 2.00 bits per heavy atom.